The maximum Gasteiger partial charge on any atom is 0.262 e. The van der Waals surface area contributed by atoms with Crippen LogP contribution in [0.25, 0.3) is 11.3 Å². The maximum atomic E-state index is 11.8. The number of thiazole rings is 1. The number of hydrogen-bond donors (Lipinski definition) is 1. The summed E-state index contributed by atoms with van der Waals surface area (Å²) in [6, 6.07) is 16.6. The monoisotopic (exact) mass is 472 g/mol. The lowest BCUT2D eigenvalue weighted by atomic mass is 9.83. The highest BCUT2D eigenvalue weighted by Gasteiger charge is 2.21. The van der Waals surface area contributed by atoms with Crippen LogP contribution in [0.2, 0.25) is 0 Å². The van der Waals surface area contributed by atoms with Gasteiger partial charge in [0, 0.05) is 16.7 Å². The van der Waals surface area contributed by atoms with E-state index in [0.29, 0.717) is 23.9 Å². The lowest BCUT2D eigenvalue weighted by Gasteiger charge is -2.23. The van der Waals surface area contributed by atoms with E-state index in [9.17, 15) is 4.79 Å². The van der Waals surface area contributed by atoms with Crippen molar-refractivity contribution in [2.45, 2.75) is 38.5 Å². The topological polar surface area (TPSA) is 68.0 Å². The van der Waals surface area contributed by atoms with Crippen molar-refractivity contribution in [2.75, 3.05) is 18.5 Å². The predicted octanol–water partition coefficient (Wildman–Crippen LogP) is 5.59. The molecule has 5 rings (SSSR count). The minimum Gasteiger partial charge on any atom is -0.482 e. The normalized spacial score (nSPS) is 18.1. The molecule has 174 valence electrons. The van der Waals surface area contributed by atoms with E-state index in [1.165, 1.54) is 11.3 Å². The fourth-order valence-electron chi connectivity index (χ4n) is 4.40. The minimum absolute atomic E-state index is 0.0480. The summed E-state index contributed by atoms with van der Waals surface area (Å²) in [4.78, 5) is 17.4. The number of nitrogens with zero attached hydrogens (tertiary/aromatic N) is 3. The van der Waals surface area contributed by atoms with Crippen molar-refractivity contribution >= 4 is 28.6 Å². The number of anilines is 1. The highest BCUT2D eigenvalue weighted by molar-refractivity contribution is 7.07. The van der Waals surface area contributed by atoms with E-state index in [2.05, 4.69) is 47.6 Å². The molecule has 0 unspecified atom stereocenters. The van der Waals surface area contributed by atoms with Crippen LogP contribution in [0.3, 0.4) is 0 Å². The summed E-state index contributed by atoms with van der Waals surface area (Å²) in [5.41, 5.74) is 6.21. The van der Waals surface area contributed by atoms with E-state index in [-0.39, 0.29) is 12.5 Å². The SMILES string of the molecule is C=C(C)CN=c1scc(-c2ccc3c(c2)NC(=O)CO3)n1N=C1CCC(c2ccccc2)CC1. The Hall–Kier alpha value is -3.45. The predicted molar refractivity (Wildman–Crippen MR) is 138 cm³/mol. The van der Waals surface area contributed by atoms with Gasteiger partial charge in [0.05, 0.1) is 17.9 Å². The Morgan fingerprint density at radius 2 is 2.00 bits per heavy atom. The summed E-state index contributed by atoms with van der Waals surface area (Å²) < 4.78 is 7.48. The Morgan fingerprint density at radius 1 is 1.21 bits per heavy atom. The first-order valence-corrected chi connectivity index (χ1v) is 12.5. The molecule has 1 N–H and O–H groups in total. The number of rotatable bonds is 5. The molecule has 0 radical (unpaired) electrons. The number of benzene rings is 2. The van der Waals surface area contributed by atoms with Crippen molar-refractivity contribution in [2.24, 2.45) is 10.1 Å². The molecule has 2 aromatic carbocycles. The van der Waals surface area contributed by atoms with Crippen LogP contribution >= 0.6 is 11.3 Å². The quantitative estimate of drug-likeness (QED) is 0.492. The lowest BCUT2D eigenvalue weighted by molar-refractivity contribution is -0.118. The highest BCUT2D eigenvalue weighted by atomic mass is 32.1. The van der Waals surface area contributed by atoms with Gasteiger partial charge in [-0.05, 0) is 62.3 Å². The number of carbonyl (C=O) groups excluding carboxylic acids is 1. The Balaban J connectivity index is 1.47. The van der Waals surface area contributed by atoms with Gasteiger partial charge in [-0.25, -0.2) is 4.68 Å². The van der Waals surface area contributed by atoms with Crippen molar-refractivity contribution < 1.29 is 9.53 Å². The average molecular weight is 473 g/mol. The van der Waals surface area contributed by atoms with Gasteiger partial charge < -0.3 is 10.1 Å². The molecule has 2 heterocycles. The summed E-state index contributed by atoms with van der Waals surface area (Å²) in [7, 11) is 0. The van der Waals surface area contributed by atoms with Gasteiger partial charge >= 0.3 is 0 Å². The summed E-state index contributed by atoms with van der Waals surface area (Å²) in [5.74, 6) is 1.13. The molecule has 7 heteroatoms. The van der Waals surface area contributed by atoms with Crippen LogP contribution in [0.15, 0.2) is 76.2 Å². The molecule has 34 heavy (non-hydrogen) atoms. The lowest BCUT2D eigenvalue weighted by Crippen LogP contribution is -2.25. The largest absolute Gasteiger partial charge is 0.482 e. The molecule has 1 amide bonds. The van der Waals surface area contributed by atoms with Gasteiger partial charge in [0.1, 0.15) is 5.75 Å². The third-order valence-electron chi connectivity index (χ3n) is 6.15. The third kappa shape index (κ3) is 4.89. The number of ether oxygens (including phenoxy) is 1. The van der Waals surface area contributed by atoms with E-state index in [0.717, 1.165) is 47.3 Å². The Morgan fingerprint density at radius 3 is 2.76 bits per heavy atom. The third-order valence-corrected chi connectivity index (χ3v) is 7.01. The van der Waals surface area contributed by atoms with E-state index >= 15 is 0 Å². The standard InChI is InChI=1S/C27H28N4O2S/c1-18(2)15-28-27-31(30-22-11-8-20(9-12-22)19-6-4-3-5-7-19)24(17-34-27)21-10-13-25-23(14-21)29-26(32)16-33-25/h3-7,10,13-14,17,20H,1,8-9,11-12,15-16H2,2H3,(H,29,32). The van der Waals surface area contributed by atoms with Crippen LogP contribution in [0.1, 0.15) is 44.1 Å². The zero-order chi connectivity index (χ0) is 23.5. The molecule has 2 aliphatic rings. The van der Waals surface area contributed by atoms with Gasteiger partial charge in [0.15, 0.2) is 6.61 Å². The molecule has 0 atom stereocenters. The number of fused-ring (bicyclic) bond motifs is 1. The van der Waals surface area contributed by atoms with Crippen molar-refractivity contribution in [1.29, 1.82) is 0 Å². The van der Waals surface area contributed by atoms with Gasteiger partial charge in [-0.2, -0.15) is 5.10 Å². The Labute approximate surface area is 203 Å². The summed E-state index contributed by atoms with van der Waals surface area (Å²) in [6.07, 6.45) is 4.14. The van der Waals surface area contributed by atoms with Crippen LogP contribution < -0.4 is 14.9 Å². The minimum atomic E-state index is -0.143. The first-order valence-electron chi connectivity index (χ1n) is 11.6. The second-order valence-corrected chi connectivity index (χ2v) is 9.72. The second-order valence-electron chi connectivity index (χ2n) is 8.89. The number of amides is 1. The number of carbonyl (C=O) groups is 1. The zero-order valence-corrected chi connectivity index (χ0v) is 20.1. The molecule has 0 bridgehead atoms. The molecule has 1 saturated carbocycles. The molecule has 1 aromatic heterocycles. The van der Waals surface area contributed by atoms with Crippen LogP contribution in [-0.4, -0.2) is 29.4 Å². The number of hydrogen-bond acceptors (Lipinski definition) is 5. The average Bonchev–Trinajstić information content (AvgIpc) is 3.25. The molecule has 0 saturated heterocycles. The van der Waals surface area contributed by atoms with Gasteiger partial charge in [-0.15, -0.1) is 11.3 Å². The summed E-state index contributed by atoms with van der Waals surface area (Å²) in [5, 5.41) is 10.1. The van der Waals surface area contributed by atoms with Crippen molar-refractivity contribution in [3.05, 3.63) is 76.4 Å². The fourth-order valence-corrected chi connectivity index (χ4v) is 5.23. The fraction of sp³-hybridized carbons (Fsp3) is 0.296. The van der Waals surface area contributed by atoms with Gasteiger partial charge in [-0.3, -0.25) is 9.79 Å². The first-order chi connectivity index (χ1) is 16.6. The number of aromatic nitrogens is 1. The Bertz CT molecular complexity index is 1310. The molecular formula is C27H28N4O2S. The van der Waals surface area contributed by atoms with Crippen LogP contribution in [0, 0.1) is 0 Å². The van der Waals surface area contributed by atoms with Crippen molar-refractivity contribution in [3.63, 3.8) is 0 Å². The van der Waals surface area contributed by atoms with Crippen LogP contribution in [0.5, 0.6) is 5.75 Å². The molecule has 6 nitrogen and oxygen atoms in total. The highest BCUT2D eigenvalue weighted by Crippen LogP contribution is 2.34. The Kier molecular flexibility index (Phi) is 6.45. The first kappa shape index (κ1) is 22.3. The smallest absolute Gasteiger partial charge is 0.262 e. The maximum absolute atomic E-state index is 11.8. The summed E-state index contributed by atoms with van der Waals surface area (Å²) in [6.45, 7) is 6.57. The number of nitrogens with one attached hydrogen (secondary N) is 1. The van der Waals surface area contributed by atoms with Crippen molar-refractivity contribution in [1.82, 2.24) is 4.68 Å². The molecule has 1 aliphatic carbocycles. The molecule has 1 fully saturated rings. The second kappa shape index (κ2) is 9.81. The molecular weight excluding hydrogens is 444 g/mol. The van der Waals surface area contributed by atoms with E-state index < -0.39 is 0 Å². The molecule has 3 aromatic rings. The van der Waals surface area contributed by atoms with E-state index in [4.69, 9.17) is 14.8 Å². The van der Waals surface area contributed by atoms with Gasteiger partial charge in [0.2, 0.25) is 4.80 Å². The van der Waals surface area contributed by atoms with Gasteiger partial charge in [-0.1, -0.05) is 42.5 Å². The van der Waals surface area contributed by atoms with Crippen LogP contribution in [-0.2, 0) is 4.79 Å². The molecule has 0 spiro atoms. The van der Waals surface area contributed by atoms with E-state index in [1.807, 2.05) is 29.8 Å². The summed E-state index contributed by atoms with van der Waals surface area (Å²) >= 11 is 1.57. The van der Waals surface area contributed by atoms with Gasteiger partial charge in [0.25, 0.3) is 5.91 Å². The van der Waals surface area contributed by atoms with Crippen molar-refractivity contribution in [3.8, 4) is 17.0 Å². The van der Waals surface area contributed by atoms with Crippen LogP contribution in [0.4, 0.5) is 5.69 Å². The zero-order valence-electron chi connectivity index (χ0n) is 19.3. The van der Waals surface area contributed by atoms with E-state index in [1.54, 1.807) is 11.3 Å². The molecule has 1 aliphatic heterocycles.